The normalized spacial score (nSPS) is 12.1. The molecule has 1 heterocycles. The van der Waals surface area contributed by atoms with Crippen LogP contribution in [-0.4, -0.2) is 16.5 Å². The Morgan fingerprint density at radius 1 is 1.06 bits per heavy atom. The Morgan fingerprint density at radius 3 is 2.47 bits per heavy atom. The lowest BCUT2D eigenvalue weighted by Gasteiger charge is -2.12. The maximum absolute atomic E-state index is 4.13. The molecule has 88 valence electrons. The van der Waals surface area contributed by atoms with Crippen LogP contribution < -0.4 is 5.32 Å². The molecule has 0 aliphatic heterocycles. The highest BCUT2D eigenvalue weighted by Crippen LogP contribution is 2.17. The van der Waals surface area contributed by atoms with Crippen molar-refractivity contribution in [1.82, 2.24) is 9.97 Å². The van der Waals surface area contributed by atoms with Crippen LogP contribution >= 0.6 is 0 Å². The summed E-state index contributed by atoms with van der Waals surface area (Å²) in [4.78, 5) is 8.25. The van der Waals surface area contributed by atoms with E-state index in [1.807, 2.05) is 12.1 Å². The number of hydrogen-bond acceptors (Lipinski definition) is 3. The van der Waals surface area contributed by atoms with Crippen LogP contribution in [0, 0.1) is 0 Å². The summed E-state index contributed by atoms with van der Waals surface area (Å²) < 4.78 is 0. The zero-order valence-corrected chi connectivity index (χ0v) is 10.0. The van der Waals surface area contributed by atoms with Gasteiger partial charge in [0.2, 0.25) is 5.95 Å². The molecule has 0 amide bonds. The monoisotopic (exact) mass is 227 g/mol. The Balaban J connectivity index is 1.79. The molecule has 1 unspecified atom stereocenters. The summed E-state index contributed by atoms with van der Waals surface area (Å²) in [5, 5.41) is 3.22. The average molecular weight is 227 g/mol. The second-order valence-corrected chi connectivity index (χ2v) is 4.10. The number of aromatic nitrogens is 2. The van der Waals surface area contributed by atoms with Crippen molar-refractivity contribution < 1.29 is 0 Å². The molecule has 3 heteroatoms. The van der Waals surface area contributed by atoms with Gasteiger partial charge in [-0.05, 0) is 24.0 Å². The third-order valence-electron chi connectivity index (χ3n) is 2.79. The molecule has 0 saturated heterocycles. The van der Waals surface area contributed by atoms with E-state index in [0.717, 1.165) is 13.0 Å². The van der Waals surface area contributed by atoms with E-state index >= 15 is 0 Å². The van der Waals surface area contributed by atoms with E-state index in [9.17, 15) is 0 Å². The molecule has 1 atom stereocenters. The van der Waals surface area contributed by atoms with E-state index in [1.165, 1.54) is 5.56 Å². The van der Waals surface area contributed by atoms with E-state index in [2.05, 4.69) is 46.5 Å². The molecule has 1 aromatic heterocycles. The van der Waals surface area contributed by atoms with Crippen LogP contribution in [0.2, 0.25) is 0 Å². The summed E-state index contributed by atoms with van der Waals surface area (Å²) in [6.45, 7) is 3.13. The summed E-state index contributed by atoms with van der Waals surface area (Å²) in [6, 6.07) is 12.4. The quantitative estimate of drug-likeness (QED) is 0.853. The highest BCUT2D eigenvalue weighted by molar-refractivity contribution is 5.23. The van der Waals surface area contributed by atoms with Crippen molar-refractivity contribution in [1.29, 1.82) is 0 Å². The zero-order chi connectivity index (χ0) is 11.9. The fourth-order valence-corrected chi connectivity index (χ4v) is 1.74. The minimum absolute atomic E-state index is 0.549. The van der Waals surface area contributed by atoms with Crippen LogP contribution in [0.15, 0.2) is 48.8 Å². The first-order valence-electron chi connectivity index (χ1n) is 5.92. The molecule has 1 aromatic carbocycles. The minimum atomic E-state index is 0.549. The van der Waals surface area contributed by atoms with Crippen molar-refractivity contribution >= 4 is 5.95 Å². The molecule has 3 nitrogen and oxygen atoms in total. The highest BCUT2D eigenvalue weighted by atomic mass is 15.1. The predicted molar refractivity (Wildman–Crippen MR) is 70.0 cm³/mol. The van der Waals surface area contributed by atoms with E-state index in [0.29, 0.717) is 11.9 Å². The van der Waals surface area contributed by atoms with Gasteiger partial charge in [-0.3, -0.25) is 0 Å². The van der Waals surface area contributed by atoms with Gasteiger partial charge in [-0.15, -0.1) is 0 Å². The Morgan fingerprint density at radius 2 is 1.76 bits per heavy atom. The molecule has 0 aliphatic rings. The van der Waals surface area contributed by atoms with E-state index in [4.69, 9.17) is 0 Å². The van der Waals surface area contributed by atoms with Gasteiger partial charge in [0.1, 0.15) is 0 Å². The van der Waals surface area contributed by atoms with Gasteiger partial charge in [-0.1, -0.05) is 37.3 Å². The molecule has 0 saturated carbocycles. The Hall–Kier alpha value is -1.90. The summed E-state index contributed by atoms with van der Waals surface area (Å²) in [5.41, 5.74) is 1.38. The lowest BCUT2D eigenvalue weighted by molar-refractivity contribution is 0.703. The maximum atomic E-state index is 4.13. The lowest BCUT2D eigenvalue weighted by atomic mass is 9.98. The minimum Gasteiger partial charge on any atom is -0.354 e. The second-order valence-electron chi connectivity index (χ2n) is 4.10. The number of rotatable bonds is 5. The summed E-state index contributed by atoms with van der Waals surface area (Å²) >= 11 is 0. The predicted octanol–water partition coefficient (Wildman–Crippen LogP) is 3.08. The number of anilines is 1. The van der Waals surface area contributed by atoms with Crippen LogP contribution in [0.3, 0.4) is 0 Å². The third kappa shape index (κ3) is 3.55. The molecule has 0 spiro atoms. The highest BCUT2D eigenvalue weighted by Gasteiger charge is 2.04. The molecule has 0 fully saturated rings. The maximum Gasteiger partial charge on any atom is 0.222 e. The van der Waals surface area contributed by atoms with Gasteiger partial charge in [0.15, 0.2) is 0 Å². The number of benzene rings is 1. The SMILES string of the molecule is CC(CCNc1ncccn1)c1ccccc1. The van der Waals surface area contributed by atoms with Crippen LogP contribution in [-0.2, 0) is 0 Å². The van der Waals surface area contributed by atoms with E-state index < -0.39 is 0 Å². The number of hydrogen-bond donors (Lipinski definition) is 1. The average Bonchev–Trinajstić information content (AvgIpc) is 2.41. The molecule has 2 rings (SSSR count). The Bertz CT molecular complexity index is 428. The summed E-state index contributed by atoms with van der Waals surface area (Å²) in [5.74, 6) is 1.25. The van der Waals surface area contributed by atoms with Gasteiger partial charge in [0.05, 0.1) is 0 Å². The van der Waals surface area contributed by atoms with Crippen LogP contribution in [0.25, 0.3) is 0 Å². The van der Waals surface area contributed by atoms with Crippen LogP contribution in [0.4, 0.5) is 5.95 Å². The first-order chi connectivity index (χ1) is 8.36. The summed E-state index contributed by atoms with van der Waals surface area (Å²) in [7, 11) is 0. The smallest absolute Gasteiger partial charge is 0.222 e. The van der Waals surface area contributed by atoms with Gasteiger partial charge in [0.25, 0.3) is 0 Å². The molecular formula is C14H17N3. The molecule has 0 bridgehead atoms. The Kier molecular flexibility index (Phi) is 4.08. The number of nitrogens with zero attached hydrogens (tertiary/aromatic N) is 2. The number of nitrogens with one attached hydrogen (secondary N) is 1. The molecule has 0 radical (unpaired) electrons. The van der Waals surface area contributed by atoms with Crippen molar-refractivity contribution in [2.24, 2.45) is 0 Å². The van der Waals surface area contributed by atoms with Gasteiger partial charge >= 0.3 is 0 Å². The van der Waals surface area contributed by atoms with Crippen LogP contribution in [0.1, 0.15) is 24.8 Å². The van der Waals surface area contributed by atoms with Gasteiger partial charge in [-0.2, -0.15) is 0 Å². The van der Waals surface area contributed by atoms with Gasteiger partial charge < -0.3 is 5.32 Å². The van der Waals surface area contributed by atoms with Crippen molar-refractivity contribution in [3.8, 4) is 0 Å². The second kappa shape index (κ2) is 5.99. The third-order valence-corrected chi connectivity index (χ3v) is 2.79. The van der Waals surface area contributed by atoms with Crippen molar-refractivity contribution in [2.45, 2.75) is 19.3 Å². The van der Waals surface area contributed by atoms with Crippen molar-refractivity contribution in [2.75, 3.05) is 11.9 Å². The first kappa shape index (κ1) is 11.6. The Labute approximate surface area is 102 Å². The van der Waals surface area contributed by atoms with Gasteiger partial charge in [0, 0.05) is 18.9 Å². The largest absolute Gasteiger partial charge is 0.354 e. The summed E-state index contributed by atoms with van der Waals surface area (Å²) in [6.07, 6.45) is 4.56. The lowest BCUT2D eigenvalue weighted by Crippen LogP contribution is -2.08. The molecule has 17 heavy (non-hydrogen) atoms. The fraction of sp³-hybridized carbons (Fsp3) is 0.286. The van der Waals surface area contributed by atoms with Crippen LogP contribution in [0.5, 0.6) is 0 Å². The molecular weight excluding hydrogens is 210 g/mol. The van der Waals surface area contributed by atoms with E-state index in [-0.39, 0.29) is 0 Å². The first-order valence-corrected chi connectivity index (χ1v) is 5.92. The zero-order valence-electron chi connectivity index (χ0n) is 10.0. The van der Waals surface area contributed by atoms with E-state index in [1.54, 1.807) is 12.4 Å². The van der Waals surface area contributed by atoms with Crippen molar-refractivity contribution in [3.63, 3.8) is 0 Å². The topological polar surface area (TPSA) is 37.8 Å². The van der Waals surface area contributed by atoms with Crippen molar-refractivity contribution in [3.05, 3.63) is 54.4 Å². The standard InChI is InChI=1S/C14H17N3/c1-12(13-6-3-2-4-7-13)8-11-17-14-15-9-5-10-16-14/h2-7,9-10,12H,8,11H2,1H3,(H,15,16,17). The molecule has 1 N–H and O–H groups in total. The molecule has 0 aliphatic carbocycles. The molecule has 2 aromatic rings. The van der Waals surface area contributed by atoms with Gasteiger partial charge in [-0.25, -0.2) is 9.97 Å². The fourth-order valence-electron chi connectivity index (χ4n) is 1.74.